The number of aromatic nitrogens is 2. The predicted octanol–water partition coefficient (Wildman–Crippen LogP) is 4.59. The maximum Gasteiger partial charge on any atom is 0.264 e. The molecule has 0 atom stereocenters. The van der Waals surface area contributed by atoms with E-state index in [4.69, 9.17) is 4.98 Å². The molecule has 2 aromatic carbocycles. The van der Waals surface area contributed by atoms with Crippen molar-refractivity contribution >= 4 is 27.2 Å². The summed E-state index contributed by atoms with van der Waals surface area (Å²) < 4.78 is 1.70. The molecule has 0 saturated heterocycles. The largest absolute Gasteiger partial charge is 0.284 e. The number of fused-ring (bicyclic) bond motifs is 4. The third kappa shape index (κ3) is 2.29. The Morgan fingerprint density at radius 3 is 2.46 bits per heavy atom. The number of rotatable bonds is 2. The fourth-order valence-electron chi connectivity index (χ4n) is 3.62. The first kappa shape index (κ1) is 14.8. The van der Waals surface area contributed by atoms with E-state index in [1.54, 1.807) is 4.40 Å². The van der Waals surface area contributed by atoms with Crippen molar-refractivity contribution in [3.8, 4) is 0 Å². The molecule has 3 heterocycles. The van der Waals surface area contributed by atoms with Gasteiger partial charge in [0.25, 0.3) is 5.56 Å². The zero-order chi connectivity index (χ0) is 17.5. The van der Waals surface area contributed by atoms with Gasteiger partial charge in [0, 0.05) is 28.9 Å². The molecule has 0 amide bonds. The predicted molar refractivity (Wildman–Crippen MR) is 106 cm³/mol. The van der Waals surface area contributed by atoms with Crippen LogP contribution >= 0.6 is 0 Å². The summed E-state index contributed by atoms with van der Waals surface area (Å²) in [5.74, 6) is 0. The van der Waals surface area contributed by atoms with Crippen molar-refractivity contribution < 1.29 is 0 Å². The minimum atomic E-state index is -0.0118. The van der Waals surface area contributed by atoms with Crippen LogP contribution in [0.5, 0.6) is 0 Å². The summed E-state index contributed by atoms with van der Waals surface area (Å²) in [6.45, 7) is 0. The normalized spacial score (nSPS) is 11.4. The first-order valence-corrected chi connectivity index (χ1v) is 8.67. The van der Waals surface area contributed by atoms with Gasteiger partial charge in [-0.25, -0.2) is 0 Å². The smallest absolute Gasteiger partial charge is 0.264 e. The van der Waals surface area contributed by atoms with E-state index in [1.807, 2.05) is 66.9 Å². The van der Waals surface area contributed by atoms with Gasteiger partial charge in [0.2, 0.25) is 0 Å². The highest BCUT2D eigenvalue weighted by Gasteiger charge is 2.14. The lowest BCUT2D eigenvalue weighted by atomic mass is 10.0. The maximum atomic E-state index is 13.3. The molecule has 5 aromatic rings. The van der Waals surface area contributed by atoms with E-state index in [0.29, 0.717) is 11.8 Å². The van der Waals surface area contributed by atoms with Crippen LogP contribution in [0.25, 0.3) is 27.2 Å². The third-order valence-corrected chi connectivity index (χ3v) is 4.84. The number of nitrogens with zero attached hydrogens (tertiary/aromatic N) is 2. The molecule has 0 aliphatic carbocycles. The molecule has 0 radical (unpaired) electrons. The molecule has 0 aliphatic rings. The molecule has 0 bridgehead atoms. The molecular formula is C23H16N2O. The van der Waals surface area contributed by atoms with Gasteiger partial charge < -0.3 is 0 Å². The van der Waals surface area contributed by atoms with Crippen LogP contribution in [-0.2, 0) is 6.42 Å². The Hall–Kier alpha value is -3.46. The average molecular weight is 336 g/mol. The van der Waals surface area contributed by atoms with Gasteiger partial charge in [-0.1, -0.05) is 54.6 Å². The zero-order valence-electron chi connectivity index (χ0n) is 14.1. The first-order chi connectivity index (χ1) is 12.8. The van der Waals surface area contributed by atoms with Gasteiger partial charge in [-0.2, -0.15) is 0 Å². The second kappa shape index (κ2) is 5.81. The van der Waals surface area contributed by atoms with Crippen LogP contribution in [0.15, 0.2) is 89.9 Å². The zero-order valence-corrected chi connectivity index (χ0v) is 14.1. The summed E-state index contributed by atoms with van der Waals surface area (Å²) in [6.07, 6.45) is 2.45. The molecule has 3 nitrogen and oxygen atoms in total. The lowest BCUT2D eigenvalue weighted by Gasteiger charge is -2.11. The lowest BCUT2D eigenvalue weighted by molar-refractivity contribution is 1.08. The molecule has 0 aliphatic heterocycles. The Balaban J connectivity index is 1.93. The molecule has 3 aromatic heterocycles. The summed E-state index contributed by atoms with van der Waals surface area (Å²) in [5.41, 5.74) is 3.78. The maximum absolute atomic E-state index is 13.3. The van der Waals surface area contributed by atoms with Crippen molar-refractivity contribution in [2.45, 2.75) is 6.42 Å². The van der Waals surface area contributed by atoms with E-state index in [2.05, 4.69) is 18.2 Å². The molecule has 0 N–H and O–H groups in total. The van der Waals surface area contributed by atoms with Crippen molar-refractivity contribution in [3.63, 3.8) is 0 Å². The topological polar surface area (TPSA) is 34.4 Å². The molecule has 26 heavy (non-hydrogen) atoms. The molecule has 0 saturated carbocycles. The summed E-state index contributed by atoms with van der Waals surface area (Å²) >= 11 is 0. The van der Waals surface area contributed by atoms with Crippen LogP contribution in [-0.4, -0.2) is 9.38 Å². The summed E-state index contributed by atoms with van der Waals surface area (Å²) in [7, 11) is 0. The fraction of sp³-hybridized carbons (Fsp3) is 0.0435. The minimum absolute atomic E-state index is 0.0118. The van der Waals surface area contributed by atoms with Crippen LogP contribution in [0.3, 0.4) is 0 Å². The fourth-order valence-corrected chi connectivity index (χ4v) is 3.62. The second-order valence-corrected chi connectivity index (χ2v) is 6.47. The standard InChI is InChI=1S/C23H16N2O/c26-23-22-19(15-17-10-6-7-13-25(17)23)18-11-4-5-12-20(18)24-21(22)14-16-8-2-1-3-9-16/h1-13,15H,14H2. The van der Waals surface area contributed by atoms with Gasteiger partial charge in [0.05, 0.1) is 16.6 Å². The highest BCUT2D eigenvalue weighted by Crippen LogP contribution is 2.26. The highest BCUT2D eigenvalue weighted by molar-refractivity contribution is 6.07. The lowest BCUT2D eigenvalue weighted by Crippen LogP contribution is -2.16. The van der Waals surface area contributed by atoms with Crippen LogP contribution in [0.4, 0.5) is 0 Å². The van der Waals surface area contributed by atoms with E-state index in [1.165, 1.54) is 0 Å². The van der Waals surface area contributed by atoms with Crippen molar-refractivity contribution in [3.05, 3.63) is 107 Å². The number of hydrogen-bond donors (Lipinski definition) is 0. The monoisotopic (exact) mass is 336 g/mol. The number of pyridine rings is 3. The van der Waals surface area contributed by atoms with Crippen LogP contribution < -0.4 is 5.56 Å². The van der Waals surface area contributed by atoms with Crippen molar-refractivity contribution in [2.75, 3.05) is 0 Å². The Labute approximate surface area is 150 Å². The number of para-hydroxylation sites is 1. The molecule has 0 unspecified atom stereocenters. The Morgan fingerprint density at radius 2 is 1.58 bits per heavy atom. The highest BCUT2D eigenvalue weighted by atomic mass is 16.1. The quantitative estimate of drug-likeness (QED) is 0.349. The molecule has 5 rings (SSSR count). The molecule has 3 heteroatoms. The Kier molecular flexibility index (Phi) is 3.32. The van der Waals surface area contributed by atoms with Gasteiger partial charge in [-0.15, -0.1) is 0 Å². The van der Waals surface area contributed by atoms with E-state index < -0.39 is 0 Å². The summed E-state index contributed by atoms with van der Waals surface area (Å²) in [5, 5.41) is 2.69. The van der Waals surface area contributed by atoms with Gasteiger partial charge in [-0.05, 0) is 29.8 Å². The van der Waals surface area contributed by atoms with Crippen molar-refractivity contribution in [1.82, 2.24) is 9.38 Å². The molecular weight excluding hydrogens is 320 g/mol. The van der Waals surface area contributed by atoms with Crippen LogP contribution in [0.2, 0.25) is 0 Å². The Bertz CT molecular complexity index is 1320. The minimum Gasteiger partial charge on any atom is -0.284 e. The summed E-state index contributed by atoms with van der Waals surface area (Å²) in [6, 6.07) is 26.1. The summed E-state index contributed by atoms with van der Waals surface area (Å²) in [4.78, 5) is 18.1. The van der Waals surface area contributed by atoms with E-state index in [0.717, 1.165) is 33.1 Å². The van der Waals surface area contributed by atoms with Crippen molar-refractivity contribution in [1.29, 1.82) is 0 Å². The Morgan fingerprint density at radius 1 is 0.808 bits per heavy atom. The van der Waals surface area contributed by atoms with E-state index in [-0.39, 0.29) is 5.56 Å². The van der Waals surface area contributed by atoms with Gasteiger partial charge >= 0.3 is 0 Å². The van der Waals surface area contributed by atoms with Gasteiger partial charge in [0.15, 0.2) is 0 Å². The SMILES string of the molecule is O=c1c2c(Cc3ccccc3)nc3ccccc3c2cc2ccccn12. The first-order valence-electron chi connectivity index (χ1n) is 8.67. The average Bonchev–Trinajstić information content (AvgIpc) is 2.69. The van der Waals surface area contributed by atoms with Gasteiger partial charge in [-0.3, -0.25) is 14.2 Å². The number of hydrogen-bond acceptors (Lipinski definition) is 2. The van der Waals surface area contributed by atoms with E-state index in [9.17, 15) is 4.79 Å². The van der Waals surface area contributed by atoms with Crippen molar-refractivity contribution in [2.24, 2.45) is 0 Å². The van der Waals surface area contributed by atoms with E-state index >= 15 is 0 Å². The van der Waals surface area contributed by atoms with Crippen LogP contribution in [0, 0.1) is 0 Å². The number of benzene rings is 2. The molecule has 0 fully saturated rings. The van der Waals surface area contributed by atoms with Gasteiger partial charge in [0.1, 0.15) is 0 Å². The third-order valence-electron chi connectivity index (χ3n) is 4.84. The van der Waals surface area contributed by atoms with Crippen LogP contribution in [0.1, 0.15) is 11.3 Å². The second-order valence-electron chi connectivity index (χ2n) is 6.47. The molecule has 0 spiro atoms. The molecule has 124 valence electrons.